The van der Waals surface area contributed by atoms with Gasteiger partial charge in [-0.2, -0.15) is 0 Å². The molecule has 0 aliphatic rings. The Balaban J connectivity index is 2.17. The van der Waals surface area contributed by atoms with Gasteiger partial charge in [0.1, 0.15) is 36.0 Å². The van der Waals surface area contributed by atoms with E-state index in [1.807, 2.05) is 0 Å². The molecule has 0 aliphatic carbocycles. The number of carbonyl (C=O) groups is 5. The first-order valence-corrected chi connectivity index (χ1v) is 12.7. The van der Waals surface area contributed by atoms with E-state index < -0.39 is 73.0 Å². The predicted octanol–water partition coefficient (Wildman–Crippen LogP) is -2.47. The third kappa shape index (κ3) is 10.5. The number of aliphatic hydroxyl groups is 2. The van der Waals surface area contributed by atoms with E-state index in [9.17, 15) is 44.4 Å². The number of carboxylic acid groups (broad SMARTS) is 1. The predicted molar refractivity (Wildman–Crippen MR) is 145 cm³/mol. The molecule has 14 heteroatoms. The number of amides is 4. The first-order valence-electron chi connectivity index (χ1n) is 12.7. The van der Waals surface area contributed by atoms with Crippen molar-refractivity contribution >= 4 is 29.6 Å². The third-order valence-electron chi connectivity index (χ3n) is 6.01. The first-order chi connectivity index (χ1) is 19.4. The summed E-state index contributed by atoms with van der Waals surface area (Å²) in [6, 6.07) is 7.87. The number of carbonyl (C=O) groups excluding carboxylic acids is 4. The van der Waals surface area contributed by atoms with Gasteiger partial charge in [-0.25, -0.2) is 4.79 Å². The van der Waals surface area contributed by atoms with Gasteiger partial charge in [0.05, 0.1) is 13.2 Å². The number of nitrogens with one attached hydrogen (secondary N) is 4. The van der Waals surface area contributed by atoms with Crippen LogP contribution in [0.1, 0.15) is 18.1 Å². The summed E-state index contributed by atoms with van der Waals surface area (Å²) in [7, 11) is 0. The highest BCUT2D eigenvalue weighted by Crippen LogP contribution is 2.12. The Labute approximate surface area is 235 Å². The number of aromatic hydroxyl groups is 1. The van der Waals surface area contributed by atoms with Crippen molar-refractivity contribution in [1.82, 2.24) is 21.3 Å². The smallest absolute Gasteiger partial charge is 0.328 e. The SMILES string of the molecule is C[C@H](NC(=O)[C@H](Cc1ccc(O)cc1)NC(=O)[C@@H](N)CO)C(=O)N[C@@H](Cc1ccccc1)C(=O)N[C@@H](CO)C(=O)O. The van der Waals surface area contributed by atoms with Gasteiger partial charge in [0.25, 0.3) is 0 Å². The molecule has 0 bridgehead atoms. The van der Waals surface area contributed by atoms with Crippen LogP contribution in [0.3, 0.4) is 0 Å². The summed E-state index contributed by atoms with van der Waals surface area (Å²) in [5, 5.41) is 46.7. The van der Waals surface area contributed by atoms with Crippen LogP contribution in [0, 0.1) is 0 Å². The van der Waals surface area contributed by atoms with Crippen LogP contribution >= 0.6 is 0 Å². The molecule has 0 heterocycles. The minimum Gasteiger partial charge on any atom is -0.508 e. The fraction of sp³-hybridized carbons (Fsp3) is 0.370. The number of hydrogen-bond donors (Lipinski definition) is 9. The Morgan fingerprint density at radius 1 is 0.683 bits per heavy atom. The highest BCUT2D eigenvalue weighted by molar-refractivity contribution is 5.95. The molecule has 0 saturated carbocycles. The molecule has 0 aromatic heterocycles. The van der Waals surface area contributed by atoms with Crippen LogP contribution in [0.2, 0.25) is 0 Å². The van der Waals surface area contributed by atoms with E-state index in [4.69, 9.17) is 5.73 Å². The number of phenolic OH excluding ortho intramolecular Hbond substituents is 1. The fourth-order valence-electron chi connectivity index (χ4n) is 3.63. The van der Waals surface area contributed by atoms with Gasteiger partial charge in [-0.05, 0) is 30.2 Å². The lowest BCUT2D eigenvalue weighted by Gasteiger charge is -2.25. The van der Waals surface area contributed by atoms with Gasteiger partial charge in [-0.3, -0.25) is 19.2 Å². The van der Waals surface area contributed by atoms with E-state index in [0.29, 0.717) is 11.1 Å². The lowest BCUT2D eigenvalue weighted by molar-refractivity contribution is -0.143. The molecule has 41 heavy (non-hydrogen) atoms. The van der Waals surface area contributed by atoms with Gasteiger partial charge < -0.3 is 47.4 Å². The Kier molecular flexibility index (Phi) is 12.7. The highest BCUT2D eigenvalue weighted by Gasteiger charge is 2.30. The van der Waals surface area contributed by atoms with Crippen molar-refractivity contribution < 1.29 is 44.4 Å². The summed E-state index contributed by atoms with van der Waals surface area (Å²) >= 11 is 0. The fourth-order valence-corrected chi connectivity index (χ4v) is 3.63. The van der Waals surface area contributed by atoms with Gasteiger partial charge in [-0.15, -0.1) is 0 Å². The maximum atomic E-state index is 13.1. The van der Waals surface area contributed by atoms with Crippen LogP contribution < -0.4 is 27.0 Å². The maximum absolute atomic E-state index is 13.1. The van der Waals surface area contributed by atoms with Crippen LogP contribution in [-0.4, -0.2) is 93.4 Å². The molecular weight excluding hydrogens is 538 g/mol. The van der Waals surface area contributed by atoms with Crippen LogP contribution in [-0.2, 0) is 36.8 Å². The normalized spacial score (nSPS) is 14.4. The van der Waals surface area contributed by atoms with Crippen molar-refractivity contribution in [2.45, 2.75) is 50.0 Å². The van der Waals surface area contributed by atoms with Gasteiger partial charge in [0, 0.05) is 12.8 Å². The molecule has 10 N–H and O–H groups in total. The molecule has 0 radical (unpaired) electrons. The van der Waals surface area contributed by atoms with Crippen molar-refractivity contribution in [2.75, 3.05) is 13.2 Å². The number of hydrogen-bond acceptors (Lipinski definition) is 9. The zero-order valence-electron chi connectivity index (χ0n) is 22.3. The number of rotatable bonds is 15. The minimum absolute atomic E-state index is 0.00542. The van der Waals surface area contributed by atoms with Crippen molar-refractivity contribution in [2.24, 2.45) is 5.73 Å². The summed E-state index contributed by atoms with van der Waals surface area (Å²) in [5.41, 5.74) is 6.77. The topological polar surface area (TPSA) is 240 Å². The van der Waals surface area contributed by atoms with Crippen LogP contribution in [0.5, 0.6) is 5.75 Å². The largest absolute Gasteiger partial charge is 0.508 e. The van der Waals surface area contributed by atoms with Crippen molar-refractivity contribution in [3.8, 4) is 5.75 Å². The van der Waals surface area contributed by atoms with Gasteiger partial charge in [0.15, 0.2) is 0 Å². The second kappa shape index (κ2) is 15.9. The van der Waals surface area contributed by atoms with Crippen molar-refractivity contribution in [3.05, 3.63) is 65.7 Å². The zero-order chi connectivity index (χ0) is 30.5. The Morgan fingerprint density at radius 2 is 1.17 bits per heavy atom. The van der Waals surface area contributed by atoms with E-state index >= 15 is 0 Å². The van der Waals surface area contributed by atoms with Crippen molar-refractivity contribution in [3.63, 3.8) is 0 Å². The molecular formula is C27H35N5O9. The number of aliphatic hydroxyl groups excluding tert-OH is 2. The summed E-state index contributed by atoms with van der Waals surface area (Å²) in [5.74, 6) is -4.69. The van der Waals surface area contributed by atoms with E-state index in [-0.39, 0.29) is 18.6 Å². The molecule has 0 fully saturated rings. The van der Waals surface area contributed by atoms with Gasteiger partial charge >= 0.3 is 5.97 Å². The molecule has 0 unspecified atom stereocenters. The number of phenols is 1. The van der Waals surface area contributed by atoms with E-state index in [1.165, 1.54) is 31.2 Å². The summed E-state index contributed by atoms with van der Waals surface area (Å²) in [4.78, 5) is 62.6. The number of aliphatic carboxylic acids is 1. The van der Waals surface area contributed by atoms with Crippen LogP contribution in [0.25, 0.3) is 0 Å². The maximum Gasteiger partial charge on any atom is 0.328 e. The lowest BCUT2D eigenvalue weighted by Crippen LogP contribution is -2.58. The second-order valence-corrected chi connectivity index (χ2v) is 9.28. The van der Waals surface area contributed by atoms with Crippen molar-refractivity contribution in [1.29, 1.82) is 0 Å². The molecule has 222 valence electrons. The third-order valence-corrected chi connectivity index (χ3v) is 6.01. The summed E-state index contributed by atoms with van der Waals surface area (Å²) in [6.45, 7) is -0.187. The Bertz CT molecular complexity index is 1190. The quantitative estimate of drug-likeness (QED) is 0.109. The van der Waals surface area contributed by atoms with E-state index in [1.54, 1.807) is 30.3 Å². The molecule has 0 aliphatic heterocycles. The molecule has 0 spiro atoms. The number of nitrogens with two attached hydrogens (primary N) is 1. The summed E-state index contributed by atoms with van der Waals surface area (Å²) < 4.78 is 0. The summed E-state index contributed by atoms with van der Waals surface area (Å²) in [6.07, 6.45) is -0.0590. The Hall–Kier alpha value is -4.53. The first kappa shape index (κ1) is 32.7. The zero-order valence-corrected chi connectivity index (χ0v) is 22.3. The molecule has 2 aromatic carbocycles. The molecule has 2 aromatic rings. The molecule has 5 atom stereocenters. The average Bonchev–Trinajstić information content (AvgIpc) is 2.95. The molecule has 0 saturated heterocycles. The highest BCUT2D eigenvalue weighted by atomic mass is 16.4. The molecule has 2 rings (SSSR count). The Morgan fingerprint density at radius 3 is 1.68 bits per heavy atom. The van der Waals surface area contributed by atoms with E-state index in [0.717, 1.165) is 0 Å². The van der Waals surface area contributed by atoms with Crippen LogP contribution in [0.4, 0.5) is 0 Å². The number of benzene rings is 2. The monoisotopic (exact) mass is 573 g/mol. The van der Waals surface area contributed by atoms with Crippen LogP contribution in [0.15, 0.2) is 54.6 Å². The van der Waals surface area contributed by atoms with Gasteiger partial charge in [-0.1, -0.05) is 42.5 Å². The standard InChI is InChI=1S/C27H35N5O9/c1-15(29-25(38)20(31-24(37)19(28)13-33)12-17-7-9-18(35)10-8-17)23(36)30-21(11-16-5-3-2-4-6-16)26(39)32-22(14-34)27(40)41/h2-10,15,19-22,33-35H,11-14,28H2,1H3,(H,29,38)(H,30,36)(H,31,37)(H,32,39)(H,40,41)/t15-,19-,20-,21-,22-/m0/s1. The minimum atomic E-state index is -1.59. The molecule has 4 amide bonds. The molecule has 14 nitrogen and oxygen atoms in total. The second-order valence-electron chi connectivity index (χ2n) is 9.28. The number of carboxylic acids is 1. The van der Waals surface area contributed by atoms with Gasteiger partial charge in [0.2, 0.25) is 23.6 Å². The average molecular weight is 574 g/mol. The van der Waals surface area contributed by atoms with E-state index in [2.05, 4.69) is 21.3 Å². The lowest BCUT2D eigenvalue weighted by atomic mass is 10.0.